The van der Waals surface area contributed by atoms with Crippen molar-refractivity contribution in [2.45, 2.75) is 0 Å². The zero-order valence-electron chi connectivity index (χ0n) is 10.1. The molecule has 1 amide bonds. The average Bonchev–Trinajstić information content (AvgIpc) is 2.41. The van der Waals surface area contributed by atoms with E-state index in [4.69, 9.17) is 4.74 Å². The summed E-state index contributed by atoms with van der Waals surface area (Å²) < 4.78 is 18.0. The van der Waals surface area contributed by atoms with Crippen molar-refractivity contribution in [2.75, 3.05) is 12.4 Å². The van der Waals surface area contributed by atoms with Crippen LogP contribution in [0, 0.1) is 5.82 Å². The maximum absolute atomic E-state index is 13.2. The molecule has 0 spiro atoms. The standard InChI is InChI=1S/C13H11FN2O3/c1-19-12-6-8(2-3-10(12)14)16-13(18)9-4-5-15-7-11(9)17/h2-7,17H,1H3,(H,16,18). The van der Waals surface area contributed by atoms with Crippen LogP contribution in [0.3, 0.4) is 0 Å². The van der Waals surface area contributed by atoms with Gasteiger partial charge in [-0.2, -0.15) is 0 Å². The van der Waals surface area contributed by atoms with Crippen LogP contribution < -0.4 is 10.1 Å². The number of amides is 1. The molecule has 98 valence electrons. The molecular formula is C13H11FN2O3. The van der Waals surface area contributed by atoms with E-state index in [0.29, 0.717) is 5.69 Å². The third kappa shape index (κ3) is 2.79. The zero-order valence-corrected chi connectivity index (χ0v) is 10.1. The number of halogens is 1. The summed E-state index contributed by atoms with van der Waals surface area (Å²) in [5.41, 5.74) is 0.442. The fourth-order valence-electron chi connectivity index (χ4n) is 1.51. The first-order valence-corrected chi connectivity index (χ1v) is 5.39. The molecule has 0 aliphatic rings. The first-order chi connectivity index (χ1) is 9.11. The molecule has 0 saturated heterocycles. The topological polar surface area (TPSA) is 71.5 Å². The predicted molar refractivity (Wildman–Crippen MR) is 66.8 cm³/mol. The van der Waals surface area contributed by atoms with E-state index in [9.17, 15) is 14.3 Å². The van der Waals surface area contributed by atoms with Crippen molar-refractivity contribution in [3.8, 4) is 11.5 Å². The number of ether oxygens (including phenoxy) is 1. The molecule has 5 nitrogen and oxygen atoms in total. The molecule has 0 saturated carbocycles. The second kappa shape index (κ2) is 5.34. The first kappa shape index (κ1) is 12.8. The van der Waals surface area contributed by atoms with Crippen LogP contribution in [0.5, 0.6) is 11.5 Å². The Hall–Kier alpha value is -2.63. The number of anilines is 1. The number of nitrogens with zero attached hydrogens (tertiary/aromatic N) is 1. The summed E-state index contributed by atoms with van der Waals surface area (Å²) in [6, 6.07) is 5.31. The summed E-state index contributed by atoms with van der Waals surface area (Å²) in [7, 11) is 1.33. The van der Waals surface area contributed by atoms with Gasteiger partial charge in [-0.3, -0.25) is 9.78 Å². The monoisotopic (exact) mass is 262 g/mol. The molecule has 0 bridgehead atoms. The van der Waals surface area contributed by atoms with E-state index < -0.39 is 11.7 Å². The summed E-state index contributed by atoms with van der Waals surface area (Å²) in [5.74, 6) is -1.24. The van der Waals surface area contributed by atoms with Crippen LogP contribution >= 0.6 is 0 Å². The van der Waals surface area contributed by atoms with Crippen molar-refractivity contribution >= 4 is 11.6 Å². The van der Waals surface area contributed by atoms with Crippen LogP contribution in [0.15, 0.2) is 36.7 Å². The van der Waals surface area contributed by atoms with Crippen LogP contribution in [-0.4, -0.2) is 23.1 Å². The van der Waals surface area contributed by atoms with E-state index in [2.05, 4.69) is 10.3 Å². The molecule has 1 aromatic carbocycles. The molecule has 1 aromatic heterocycles. The number of methoxy groups -OCH3 is 1. The van der Waals surface area contributed by atoms with Gasteiger partial charge in [-0.15, -0.1) is 0 Å². The molecule has 2 rings (SSSR count). The molecule has 1 heterocycles. The number of aromatic hydroxyl groups is 1. The van der Waals surface area contributed by atoms with Gasteiger partial charge in [0.05, 0.1) is 18.9 Å². The van der Waals surface area contributed by atoms with Gasteiger partial charge in [0.15, 0.2) is 11.6 Å². The second-order valence-electron chi connectivity index (χ2n) is 3.70. The lowest BCUT2D eigenvalue weighted by molar-refractivity contribution is 0.102. The Morgan fingerprint density at radius 1 is 1.42 bits per heavy atom. The number of nitrogens with one attached hydrogen (secondary N) is 1. The van der Waals surface area contributed by atoms with Crippen molar-refractivity contribution in [2.24, 2.45) is 0 Å². The lowest BCUT2D eigenvalue weighted by atomic mass is 10.2. The maximum Gasteiger partial charge on any atom is 0.259 e. The highest BCUT2D eigenvalue weighted by molar-refractivity contribution is 6.06. The largest absolute Gasteiger partial charge is 0.505 e. The normalized spacial score (nSPS) is 10.0. The number of benzene rings is 1. The van der Waals surface area contributed by atoms with Gasteiger partial charge in [-0.05, 0) is 18.2 Å². The molecule has 0 aliphatic heterocycles. The summed E-state index contributed by atoms with van der Waals surface area (Å²) in [4.78, 5) is 15.6. The van der Waals surface area contributed by atoms with Gasteiger partial charge < -0.3 is 15.2 Å². The summed E-state index contributed by atoms with van der Waals surface area (Å²) in [5, 5.41) is 12.0. The predicted octanol–water partition coefficient (Wildman–Crippen LogP) is 2.19. The first-order valence-electron chi connectivity index (χ1n) is 5.39. The molecule has 2 N–H and O–H groups in total. The van der Waals surface area contributed by atoms with Crippen LogP contribution in [0.4, 0.5) is 10.1 Å². The SMILES string of the molecule is COc1cc(NC(=O)c2ccncc2O)ccc1F. The number of carbonyl (C=O) groups excluding carboxylic acids is 1. The minimum atomic E-state index is -0.521. The molecule has 0 fully saturated rings. The Kier molecular flexibility index (Phi) is 3.61. The molecule has 0 unspecified atom stereocenters. The summed E-state index contributed by atoms with van der Waals surface area (Å²) in [6.07, 6.45) is 2.56. The van der Waals surface area contributed by atoms with Gasteiger partial charge in [0.2, 0.25) is 0 Å². The van der Waals surface area contributed by atoms with E-state index >= 15 is 0 Å². The Morgan fingerprint density at radius 2 is 2.21 bits per heavy atom. The third-order valence-electron chi connectivity index (χ3n) is 2.45. The van der Waals surface area contributed by atoms with Gasteiger partial charge in [0.25, 0.3) is 5.91 Å². The maximum atomic E-state index is 13.2. The minimum absolute atomic E-state index is 0.0248. The van der Waals surface area contributed by atoms with E-state index in [-0.39, 0.29) is 17.1 Å². The number of rotatable bonds is 3. The number of hydrogen-bond donors (Lipinski definition) is 2. The smallest absolute Gasteiger partial charge is 0.259 e. The Morgan fingerprint density at radius 3 is 2.89 bits per heavy atom. The van der Waals surface area contributed by atoms with Crippen LogP contribution in [-0.2, 0) is 0 Å². The van der Waals surface area contributed by atoms with Gasteiger partial charge in [0, 0.05) is 18.0 Å². The quantitative estimate of drug-likeness (QED) is 0.889. The van der Waals surface area contributed by atoms with Gasteiger partial charge in [0.1, 0.15) is 5.75 Å². The van der Waals surface area contributed by atoms with Gasteiger partial charge in [-0.25, -0.2) is 4.39 Å². The summed E-state index contributed by atoms with van der Waals surface area (Å²) >= 11 is 0. The van der Waals surface area contributed by atoms with Crippen LogP contribution in [0.25, 0.3) is 0 Å². The fraction of sp³-hybridized carbons (Fsp3) is 0.0769. The van der Waals surface area contributed by atoms with E-state index in [1.807, 2.05) is 0 Å². The van der Waals surface area contributed by atoms with Crippen LogP contribution in [0.1, 0.15) is 10.4 Å². The number of pyridine rings is 1. The second-order valence-corrected chi connectivity index (χ2v) is 3.70. The lowest BCUT2D eigenvalue weighted by Crippen LogP contribution is -2.12. The lowest BCUT2D eigenvalue weighted by Gasteiger charge is -2.08. The third-order valence-corrected chi connectivity index (χ3v) is 2.45. The number of hydrogen-bond acceptors (Lipinski definition) is 4. The molecule has 0 atom stereocenters. The Bertz CT molecular complexity index is 617. The highest BCUT2D eigenvalue weighted by Gasteiger charge is 2.12. The molecule has 2 aromatic rings. The zero-order chi connectivity index (χ0) is 13.8. The Labute approximate surface area is 108 Å². The Balaban J connectivity index is 2.22. The van der Waals surface area contributed by atoms with Crippen molar-refractivity contribution in [3.63, 3.8) is 0 Å². The van der Waals surface area contributed by atoms with E-state index in [1.54, 1.807) is 0 Å². The van der Waals surface area contributed by atoms with E-state index in [1.165, 1.54) is 43.8 Å². The van der Waals surface area contributed by atoms with Gasteiger partial charge in [-0.1, -0.05) is 0 Å². The highest BCUT2D eigenvalue weighted by atomic mass is 19.1. The number of aromatic nitrogens is 1. The van der Waals surface area contributed by atoms with Crippen LogP contribution in [0.2, 0.25) is 0 Å². The van der Waals surface area contributed by atoms with Crippen molar-refractivity contribution in [1.82, 2.24) is 4.98 Å². The molecule has 0 aliphatic carbocycles. The molecule has 0 radical (unpaired) electrons. The van der Waals surface area contributed by atoms with Gasteiger partial charge >= 0.3 is 0 Å². The fourth-order valence-corrected chi connectivity index (χ4v) is 1.51. The van der Waals surface area contributed by atoms with E-state index in [0.717, 1.165) is 0 Å². The number of carbonyl (C=O) groups is 1. The van der Waals surface area contributed by atoms with Crippen molar-refractivity contribution in [1.29, 1.82) is 0 Å². The molecule has 19 heavy (non-hydrogen) atoms. The average molecular weight is 262 g/mol. The molecular weight excluding hydrogens is 251 g/mol. The molecule has 6 heteroatoms. The summed E-state index contributed by atoms with van der Waals surface area (Å²) in [6.45, 7) is 0. The minimum Gasteiger partial charge on any atom is -0.505 e. The van der Waals surface area contributed by atoms with Crippen molar-refractivity contribution < 1.29 is 19.0 Å². The van der Waals surface area contributed by atoms with Crippen molar-refractivity contribution in [3.05, 3.63) is 48.0 Å². The highest BCUT2D eigenvalue weighted by Crippen LogP contribution is 2.23.